The van der Waals surface area contributed by atoms with E-state index in [0.717, 1.165) is 17.7 Å². The topological polar surface area (TPSA) is 44.8 Å². The Bertz CT molecular complexity index is 432. The van der Waals surface area contributed by atoms with Crippen LogP contribution in [0.5, 0.6) is 5.75 Å². The Morgan fingerprint density at radius 3 is 2.40 bits per heavy atom. The number of methoxy groups -OCH3 is 2. The smallest absolute Gasteiger partial charge is 0.165 e. The van der Waals surface area contributed by atoms with Gasteiger partial charge in [-0.15, -0.1) is 0 Å². The maximum atomic E-state index is 12.4. The highest BCUT2D eigenvalue weighted by molar-refractivity contribution is 5.87. The minimum atomic E-state index is -0.634. The van der Waals surface area contributed by atoms with Gasteiger partial charge < -0.3 is 14.2 Å². The number of rotatable bonds is 6. The molecule has 0 aliphatic carbocycles. The first kappa shape index (κ1) is 15.0. The number of hydrogen-bond donors (Lipinski definition) is 0. The summed E-state index contributed by atoms with van der Waals surface area (Å²) in [6, 6.07) is 7.83. The van der Waals surface area contributed by atoms with E-state index in [4.69, 9.17) is 14.2 Å². The Labute approximate surface area is 120 Å². The Morgan fingerprint density at radius 2 is 1.85 bits per heavy atom. The Balaban J connectivity index is 1.93. The number of ether oxygens (including phenoxy) is 3. The van der Waals surface area contributed by atoms with Crippen LogP contribution < -0.4 is 4.74 Å². The highest BCUT2D eigenvalue weighted by atomic mass is 16.5. The molecule has 0 saturated carbocycles. The first-order chi connectivity index (χ1) is 9.70. The number of ketones is 1. The molecule has 0 atom stereocenters. The summed E-state index contributed by atoms with van der Waals surface area (Å²) in [5, 5.41) is 0. The fourth-order valence-corrected chi connectivity index (χ4v) is 2.58. The lowest BCUT2D eigenvalue weighted by molar-refractivity contribution is -0.152. The molecule has 1 aliphatic heterocycles. The Hall–Kier alpha value is -1.39. The van der Waals surface area contributed by atoms with Crippen LogP contribution in [0.1, 0.15) is 24.8 Å². The van der Waals surface area contributed by atoms with Crippen LogP contribution in [0.4, 0.5) is 0 Å². The minimum absolute atomic E-state index is 0.180. The molecule has 4 nitrogen and oxygen atoms in total. The number of hydrogen-bond acceptors (Lipinski definition) is 4. The third-order valence-electron chi connectivity index (χ3n) is 4.00. The zero-order chi connectivity index (χ0) is 14.4. The van der Waals surface area contributed by atoms with E-state index in [1.165, 1.54) is 0 Å². The van der Waals surface area contributed by atoms with Gasteiger partial charge in [-0.1, -0.05) is 12.1 Å². The number of Topliss-reactive ketones (excluding diaryl/α,β-unsaturated/α-hetero) is 1. The van der Waals surface area contributed by atoms with Gasteiger partial charge in [-0.05, 0) is 24.1 Å². The summed E-state index contributed by atoms with van der Waals surface area (Å²) < 4.78 is 16.0. The van der Waals surface area contributed by atoms with Crippen molar-refractivity contribution in [2.75, 3.05) is 27.4 Å². The summed E-state index contributed by atoms with van der Waals surface area (Å²) in [6.45, 7) is 1.20. The number of benzene rings is 1. The van der Waals surface area contributed by atoms with Gasteiger partial charge in [0.25, 0.3) is 0 Å². The second kappa shape index (κ2) is 6.86. The highest BCUT2D eigenvalue weighted by Gasteiger charge is 2.39. The molecule has 0 amide bonds. The molecular weight excluding hydrogens is 256 g/mol. The lowest BCUT2D eigenvalue weighted by atomic mass is 9.86. The zero-order valence-electron chi connectivity index (χ0n) is 12.2. The van der Waals surface area contributed by atoms with Gasteiger partial charge in [0, 0.05) is 39.6 Å². The van der Waals surface area contributed by atoms with Crippen LogP contribution in [0.25, 0.3) is 0 Å². The van der Waals surface area contributed by atoms with Crippen molar-refractivity contribution in [2.24, 2.45) is 0 Å². The van der Waals surface area contributed by atoms with E-state index in [1.54, 1.807) is 14.2 Å². The normalized spacial score (nSPS) is 17.7. The summed E-state index contributed by atoms with van der Waals surface area (Å²) in [7, 11) is 3.27. The van der Waals surface area contributed by atoms with Crippen molar-refractivity contribution in [3.8, 4) is 5.75 Å². The second-order valence-electron chi connectivity index (χ2n) is 5.08. The molecule has 0 unspecified atom stereocenters. The second-order valence-corrected chi connectivity index (χ2v) is 5.08. The number of aryl methyl sites for hydroxylation is 1. The Morgan fingerprint density at radius 1 is 1.20 bits per heavy atom. The fourth-order valence-electron chi connectivity index (χ4n) is 2.58. The third kappa shape index (κ3) is 3.38. The van der Waals surface area contributed by atoms with Crippen molar-refractivity contribution in [1.29, 1.82) is 0 Å². The summed E-state index contributed by atoms with van der Waals surface area (Å²) in [5.74, 6) is 1.01. The third-order valence-corrected chi connectivity index (χ3v) is 4.00. The van der Waals surface area contributed by atoms with Crippen LogP contribution in [-0.2, 0) is 20.7 Å². The lowest BCUT2D eigenvalue weighted by Gasteiger charge is -2.34. The largest absolute Gasteiger partial charge is 0.497 e. The molecule has 1 aliphatic rings. The van der Waals surface area contributed by atoms with Crippen molar-refractivity contribution in [3.63, 3.8) is 0 Å². The summed E-state index contributed by atoms with van der Waals surface area (Å²) in [6.07, 6.45) is 2.55. The van der Waals surface area contributed by atoms with Crippen LogP contribution >= 0.6 is 0 Å². The summed E-state index contributed by atoms with van der Waals surface area (Å²) in [5.41, 5.74) is 0.502. The predicted molar refractivity (Wildman–Crippen MR) is 76.1 cm³/mol. The monoisotopic (exact) mass is 278 g/mol. The molecule has 0 aromatic heterocycles. The standard InChI is InChI=1S/C16H22O4/c1-18-14-6-3-13(4-7-14)5-8-15(17)16(19-2)9-11-20-12-10-16/h3-4,6-7H,5,8-12H2,1-2H3. The van der Waals surface area contributed by atoms with E-state index in [1.807, 2.05) is 24.3 Å². The van der Waals surface area contributed by atoms with Gasteiger partial charge in [-0.3, -0.25) is 4.79 Å². The van der Waals surface area contributed by atoms with E-state index in [2.05, 4.69) is 0 Å². The molecule has 1 aromatic carbocycles. The van der Waals surface area contributed by atoms with Crippen LogP contribution in [0, 0.1) is 0 Å². The molecule has 1 fully saturated rings. The van der Waals surface area contributed by atoms with Crippen molar-refractivity contribution in [1.82, 2.24) is 0 Å². The van der Waals surface area contributed by atoms with Gasteiger partial charge in [0.2, 0.25) is 0 Å². The van der Waals surface area contributed by atoms with Crippen LogP contribution in [0.2, 0.25) is 0 Å². The Kier molecular flexibility index (Phi) is 5.15. The number of carbonyl (C=O) groups is 1. The molecular formula is C16H22O4. The molecule has 1 heterocycles. The molecule has 0 N–H and O–H groups in total. The summed E-state index contributed by atoms with van der Waals surface area (Å²) >= 11 is 0. The average molecular weight is 278 g/mol. The number of carbonyl (C=O) groups excluding carboxylic acids is 1. The van der Waals surface area contributed by atoms with Crippen molar-refractivity contribution < 1.29 is 19.0 Å². The lowest BCUT2D eigenvalue weighted by Crippen LogP contribution is -2.45. The van der Waals surface area contributed by atoms with Crippen LogP contribution in [0.3, 0.4) is 0 Å². The highest BCUT2D eigenvalue weighted by Crippen LogP contribution is 2.27. The minimum Gasteiger partial charge on any atom is -0.497 e. The van der Waals surface area contributed by atoms with Gasteiger partial charge >= 0.3 is 0 Å². The molecule has 110 valence electrons. The van der Waals surface area contributed by atoms with E-state index >= 15 is 0 Å². The summed E-state index contributed by atoms with van der Waals surface area (Å²) in [4.78, 5) is 12.4. The van der Waals surface area contributed by atoms with Gasteiger partial charge in [-0.25, -0.2) is 0 Å². The van der Waals surface area contributed by atoms with Crippen LogP contribution in [0.15, 0.2) is 24.3 Å². The maximum absolute atomic E-state index is 12.4. The fraction of sp³-hybridized carbons (Fsp3) is 0.562. The molecule has 20 heavy (non-hydrogen) atoms. The first-order valence-corrected chi connectivity index (χ1v) is 6.99. The van der Waals surface area contributed by atoms with E-state index in [0.29, 0.717) is 32.5 Å². The molecule has 0 bridgehead atoms. The van der Waals surface area contributed by atoms with E-state index in [-0.39, 0.29) is 5.78 Å². The van der Waals surface area contributed by atoms with Crippen molar-refractivity contribution in [2.45, 2.75) is 31.3 Å². The predicted octanol–water partition coefficient (Wildman–Crippen LogP) is 2.39. The quantitative estimate of drug-likeness (QED) is 0.801. The zero-order valence-corrected chi connectivity index (χ0v) is 12.2. The molecule has 0 radical (unpaired) electrons. The SMILES string of the molecule is COc1ccc(CCC(=O)C2(OC)CCOCC2)cc1. The van der Waals surface area contributed by atoms with Gasteiger partial charge in [-0.2, -0.15) is 0 Å². The van der Waals surface area contributed by atoms with Crippen molar-refractivity contribution >= 4 is 5.78 Å². The van der Waals surface area contributed by atoms with Crippen molar-refractivity contribution in [3.05, 3.63) is 29.8 Å². The maximum Gasteiger partial charge on any atom is 0.165 e. The molecule has 4 heteroatoms. The van der Waals surface area contributed by atoms with E-state index < -0.39 is 5.60 Å². The van der Waals surface area contributed by atoms with E-state index in [9.17, 15) is 4.79 Å². The molecule has 1 saturated heterocycles. The molecule has 2 rings (SSSR count). The van der Waals surface area contributed by atoms with Gasteiger partial charge in [0.15, 0.2) is 5.78 Å². The van der Waals surface area contributed by atoms with Gasteiger partial charge in [0.05, 0.1) is 7.11 Å². The average Bonchev–Trinajstić information content (AvgIpc) is 2.53. The molecule has 1 aromatic rings. The first-order valence-electron chi connectivity index (χ1n) is 6.99. The van der Waals surface area contributed by atoms with Crippen LogP contribution in [-0.4, -0.2) is 38.8 Å². The van der Waals surface area contributed by atoms with Gasteiger partial charge in [0.1, 0.15) is 11.4 Å². The molecule has 0 spiro atoms.